The van der Waals surface area contributed by atoms with E-state index in [1.165, 1.54) is 6.92 Å². The molecule has 0 radical (unpaired) electrons. The molecule has 0 amide bonds. The monoisotopic (exact) mass is 284 g/mol. The normalized spacial score (nSPS) is 14.8. The summed E-state index contributed by atoms with van der Waals surface area (Å²) in [7, 11) is 0. The molecule has 0 unspecified atom stereocenters. The smallest absolute Gasteiger partial charge is 0.237 e. The van der Waals surface area contributed by atoms with Gasteiger partial charge in [-0.25, -0.2) is 0 Å². The molecule has 1 aliphatic rings. The molecule has 100 valence electrons. The number of phenols is 3. The Labute approximate surface area is 112 Å². The second-order valence-corrected chi connectivity index (χ2v) is 4.33. The molecule has 4 N–H and O–H groups in total. The van der Waals surface area contributed by atoms with Gasteiger partial charge in [0.05, 0.1) is 11.1 Å². The molecule has 0 aliphatic heterocycles. The van der Waals surface area contributed by atoms with E-state index in [2.05, 4.69) is 0 Å². The van der Waals surface area contributed by atoms with Crippen molar-refractivity contribution in [2.75, 3.05) is 0 Å². The van der Waals surface area contributed by atoms with E-state index in [4.69, 9.17) is 11.6 Å². The van der Waals surface area contributed by atoms with E-state index < -0.39 is 50.7 Å². The molecule has 2 rings (SSSR count). The second kappa shape index (κ2) is 4.17. The number of phenolic OH excluding ortho intramolecular Hbond substituents is 3. The number of carbonyl (C=O) groups excluding carboxylic acids is 2. The average Bonchev–Trinajstić information content (AvgIpc) is 2.38. The third-order valence-corrected chi connectivity index (χ3v) is 3.31. The largest absolute Gasteiger partial charge is 0.507 e. The van der Waals surface area contributed by atoms with Gasteiger partial charge in [0.15, 0.2) is 11.5 Å². The average molecular weight is 285 g/mol. The van der Waals surface area contributed by atoms with Crippen molar-refractivity contribution in [2.24, 2.45) is 0 Å². The van der Waals surface area contributed by atoms with Crippen LogP contribution in [0, 0.1) is 0 Å². The number of aliphatic hydroxyl groups is 1. The minimum atomic E-state index is -1.10. The quantitative estimate of drug-likeness (QED) is 0.356. The van der Waals surface area contributed by atoms with Gasteiger partial charge in [-0.05, 0) is 6.42 Å². The summed E-state index contributed by atoms with van der Waals surface area (Å²) in [4.78, 5) is 23.6. The molecule has 6 nitrogen and oxygen atoms in total. The van der Waals surface area contributed by atoms with Crippen molar-refractivity contribution < 1.29 is 30.0 Å². The highest BCUT2D eigenvalue weighted by Gasteiger charge is 2.38. The number of carbonyl (C=O) groups is 2. The standard InChI is InChI=1S/C12H9ClO6/c1-2-3-7(14)4-5(10(17)8(3)15)9(16)6(13)12(19)11(4)18/h14,16,18-19H,2H2,1H3. The predicted octanol–water partition coefficient (Wildman–Crippen LogP) is 1.90. The minimum absolute atomic E-state index is 0.0550. The van der Waals surface area contributed by atoms with E-state index >= 15 is 0 Å². The van der Waals surface area contributed by atoms with Gasteiger partial charge in [-0.1, -0.05) is 18.5 Å². The zero-order valence-corrected chi connectivity index (χ0v) is 10.4. The van der Waals surface area contributed by atoms with Gasteiger partial charge in [0.1, 0.15) is 16.5 Å². The van der Waals surface area contributed by atoms with Gasteiger partial charge < -0.3 is 20.4 Å². The lowest BCUT2D eigenvalue weighted by atomic mass is 9.86. The Bertz CT molecular complexity index is 659. The van der Waals surface area contributed by atoms with E-state index in [9.17, 15) is 30.0 Å². The molecule has 0 spiro atoms. The van der Waals surface area contributed by atoms with Crippen molar-refractivity contribution >= 4 is 28.9 Å². The van der Waals surface area contributed by atoms with Crippen molar-refractivity contribution in [3.8, 4) is 17.2 Å². The predicted molar refractivity (Wildman–Crippen MR) is 65.6 cm³/mol. The number of Topliss-reactive ketones (excluding diaryl/α,β-unsaturated/α-hetero) is 2. The number of halogens is 1. The highest BCUT2D eigenvalue weighted by molar-refractivity contribution is 6.53. The Hall–Kier alpha value is -2.21. The van der Waals surface area contributed by atoms with Gasteiger partial charge in [-0.15, -0.1) is 0 Å². The van der Waals surface area contributed by atoms with E-state index in [0.717, 1.165) is 0 Å². The van der Waals surface area contributed by atoms with E-state index in [1.807, 2.05) is 0 Å². The Morgan fingerprint density at radius 2 is 1.47 bits per heavy atom. The molecule has 0 bridgehead atoms. The summed E-state index contributed by atoms with van der Waals surface area (Å²) in [6, 6.07) is 0. The number of aromatic hydroxyl groups is 3. The van der Waals surface area contributed by atoms with E-state index in [1.54, 1.807) is 0 Å². The summed E-state index contributed by atoms with van der Waals surface area (Å²) in [6.45, 7) is 1.54. The third-order valence-electron chi connectivity index (χ3n) is 2.95. The lowest BCUT2D eigenvalue weighted by Crippen LogP contribution is -2.24. The topological polar surface area (TPSA) is 115 Å². The Morgan fingerprint density at radius 1 is 0.895 bits per heavy atom. The number of ketones is 2. The maximum absolute atomic E-state index is 11.9. The molecule has 1 aromatic carbocycles. The van der Waals surface area contributed by atoms with Crippen molar-refractivity contribution in [1.29, 1.82) is 0 Å². The fourth-order valence-electron chi connectivity index (χ4n) is 1.97. The Kier molecular flexibility index (Phi) is 2.90. The van der Waals surface area contributed by atoms with Crippen LogP contribution in [0.5, 0.6) is 17.2 Å². The number of allylic oxidation sites excluding steroid dienone is 1. The number of hydrogen-bond donors (Lipinski definition) is 4. The zero-order valence-electron chi connectivity index (χ0n) is 9.69. The third kappa shape index (κ3) is 1.57. The summed E-state index contributed by atoms with van der Waals surface area (Å²) in [5.41, 5.74) is -1.30. The molecular formula is C12H9ClO6. The van der Waals surface area contributed by atoms with Crippen LogP contribution < -0.4 is 0 Å². The Balaban J connectivity index is 2.98. The van der Waals surface area contributed by atoms with Gasteiger partial charge in [-0.3, -0.25) is 9.59 Å². The van der Waals surface area contributed by atoms with Crippen molar-refractivity contribution in [3.05, 3.63) is 21.7 Å². The van der Waals surface area contributed by atoms with Gasteiger partial charge in [0.25, 0.3) is 0 Å². The number of fused-ring (bicyclic) bond motifs is 1. The molecule has 0 heterocycles. The molecule has 0 atom stereocenters. The van der Waals surface area contributed by atoms with E-state index in [0.29, 0.717) is 0 Å². The maximum atomic E-state index is 11.9. The summed E-state index contributed by atoms with van der Waals surface area (Å²) >= 11 is 5.53. The summed E-state index contributed by atoms with van der Waals surface area (Å²) in [5, 5.41) is 38.2. The zero-order chi connectivity index (χ0) is 14.5. The van der Waals surface area contributed by atoms with Gasteiger partial charge in [0, 0.05) is 5.57 Å². The molecule has 0 fully saturated rings. The van der Waals surface area contributed by atoms with Crippen LogP contribution in [0.15, 0.2) is 5.57 Å². The summed E-state index contributed by atoms with van der Waals surface area (Å²) < 4.78 is 0. The summed E-state index contributed by atoms with van der Waals surface area (Å²) in [6.07, 6.45) is 0.0550. The van der Waals surface area contributed by atoms with Crippen molar-refractivity contribution in [1.82, 2.24) is 0 Å². The van der Waals surface area contributed by atoms with Crippen LogP contribution >= 0.6 is 11.6 Å². The molecular weight excluding hydrogens is 276 g/mol. The molecule has 0 aromatic heterocycles. The van der Waals surface area contributed by atoms with Crippen LogP contribution in [0.2, 0.25) is 5.02 Å². The molecule has 19 heavy (non-hydrogen) atoms. The maximum Gasteiger partial charge on any atom is 0.237 e. The first-order valence-corrected chi connectivity index (χ1v) is 5.68. The van der Waals surface area contributed by atoms with Crippen LogP contribution in [0.25, 0.3) is 5.76 Å². The van der Waals surface area contributed by atoms with Gasteiger partial charge >= 0.3 is 0 Å². The first-order chi connectivity index (χ1) is 8.82. The molecule has 1 aromatic rings. The first-order valence-electron chi connectivity index (χ1n) is 5.30. The number of aliphatic hydroxyl groups excluding tert-OH is 1. The van der Waals surface area contributed by atoms with Gasteiger partial charge in [0.2, 0.25) is 11.6 Å². The van der Waals surface area contributed by atoms with Crippen LogP contribution in [-0.4, -0.2) is 32.0 Å². The van der Waals surface area contributed by atoms with Crippen molar-refractivity contribution in [2.45, 2.75) is 13.3 Å². The van der Waals surface area contributed by atoms with Crippen LogP contribution in [-0.2, 0) is 4.79 Å². The van der Waals surface area contributed by atoms with Crippen LogP contribution in [0.1, 0.15) is 29.3 Å². The highest BCUT2D eigenvalue weighted by Crippen LogP contribution is 2.49. The fraction of sp³-hybridized carbons (Fsp3) is 0.167. The molecule has 0 saturated carbocycles. The minimum Gasteiger partial charge on any atom is -0.507 e. The summed E-state index contributed by atoms with van der Waals surface area (Å²) in [5.74, 6) is -5.32. The molecule has 7 heteroatoms. The van der Waals surface area contributed by atoms with Crippen LogP contribution in [0.4, 0.5) is 0 Å². The lowest BCUT2D eigenvalue weighted by Gasteiger charge is -2.20. The Morgan fingerprint density at radius 3 is 2.00 bits per heavy atom. The lowest BCUT2D eigenvalue weighted by molar-refractivity contribution is -0.112. The van der Waals surface area contributed by atoms with Gasteiger partial charge in [-0.2, -0.15) is 0 Å². The molecule has 1 aliphatic carbocycles. The van der Waals surface area contributed by atoms with E-state index in [-0.39, 0.29) is 12.0 Å². The first kappa shape index (κ1) is 13.2. The number of benzene rings is 1. The number of rotatable bonds is 1. The SMILES string of the molecule is CCC1=C(O)c2c(O)c(O)c(Cl)c(O)c2C(=O)C1=O. The molecule has 0 saturated heterocycles. The van der Waals surface area contributed by atoms with Crippen molar-refractivity contribution in [3.63, 3.8) is 0 Å². The highest BCUT2D eigenvalue weighted by atomic mass is 35.5. The van der Waals surface area contributed by atoms with Crippen LogP contribution in [0.3, 0.4) is 0 Å². The number of hydrogen-bond acceptors (Lipinski definition) is 6. The fourth-order valence-corrected chi connectivity index (χ4v) is 2.15. The second-order valence-electron chi connectivity index (χ2n) is 3.95.